The quantitative estimate of drug-likeness (QED) is 0.671. The van der Waals surface area contributed by atoms with Crippen LogP contribution < -0.4 is 0 Å². The maximum Gasteiger partial charge on any atom is 0.240 e. The summed E-state index contributed by atoms with van der Waals surface area (Å²) in [5.74, 6) is 1.73. The van der Waals surface area contributed by atoms with Crippen molar-refractivity contribution in [1.82, 2.24) is 24.8 Å². The van der Waals surface area contributed by atoms with E-state index in [0.717, 1.165) is 63.4 Å². The third-order valence-electron chi connectivity index (χ3n) is 6.25. The molecule has 0 saturated carbocycles. The number of carbonyl (C=O) groups excluding carboxylic acids is 1. The number of aryl methyl sites for hydroxylation is 1. The van der Waals surface area contributed by atoms with Crippen molar-refractivity contribution in [3.63, 3.8) is 0 Å². The fourth-order valence-electron chi connectivity index (χ4n) is 4.56. The van der Waals surface area contributed by atoms with Crippen LogP contribution in [0.5, 0.6) is 0 Å². The molecular weight excluding hydrogens is 398 g/mol. The van der Waals surface area contributed by atoms with Crippen molar-refractivity contribution in [2.75, 3.05) is 39.3 Å². The number of hydrogen-bond donors (Lipinski definition) is 0. The summed E-state index contributed by atoms with van der Waals surface area (Å²) in [5.41, 5.74) is 0. The molecule has 0 radical (unpaired) electrons. The molecule has 4 heterocycles. The minimum absolute atomic E-state index is 0.0837. The smallest absolute Gasteiger partial charge is 0.240 e. The van der Waals surface area contributed by atoms with Gasteiger partial charge in [-0.05, 0) is 57.6 Å². The molecule has 1 amide bonds. The summed E-state index contributed by atoms with van der Waals surface area (Å²) in [4.78, 5) is 25.6. The molecule has 8 heteroatoms. The zero-order valence-electron chi connectivity index (χ0n) is 18.1. The number of nitrogens with zero attached hydrogens (tertiary/aromatic N) is 5. The molecule has 1 unspecified atom stereocenters. The number of piperazine rings is 1. The van der Waals surface area contributed by atoms with Gasteiger partial charge in [0, 0.05) is 38.6 Å². The minimum Gasteiger partial charge on any atom is -0.339 e. The molecule has 0 aliphatic carbocycles. The summed E-state index contributed by atoms with van der Waals surface area (Å²) in [6.45, 7) is 10.0. The fraction of sp³-hybridized carbons (Fsp3) is 0.682. The highest BCUT2D eigenvalue weighted by molar-refractivity contribution is 7.13. The molecule has 2 aliphatic heterocycles. The number of hydrogen-bond acceptors (Lipinski definition) is 7. The molecule has 0 N–H and O–H groups in total. The molecule has 4 rings (SSSR count). The van der Waals surface area contributed by atoms with E-state index in [1.807, 2.05) is 17.5 Å². The first-order chi connectivity index (χ1) is 14.6. The Morgan fingerprint density at radius 2 is 2.07 bits per heavy atom. The lowest BCUT2D eigenvalue weighted by molar-refractivity contribution is -0.141. The van der Waals surface area contributed by atoms with Crippen LogP contribution in [-0.2, 0) is 11.2 Å². The highest BCUT2D eigenvalue weighted by Crippen LogP contribution is 2.23. The first-order valence-electron chi connectivity index (χ1n) is 11.2. The van der Waals surface area contributed by atoms with Gasteiger partial charge in [0.1, 0.15) is 0 Å². The average molecular weight is 432 g/mol. The van der Waals surface area contributed by atoms with E-state index >= 15 is 0 Å². The minimum atomic E-state index is 0.0837. The Hall–Kier alpha value is -1.77. The van der Waals surface area contributed by atoms with Gasteiger partial charge in [0.15, 0.2) is 0 Å². The van der Waals surface area contributed by atoms with Gasteiger partial charge in [-0.2, -0.15) is 4.98 Å². The molecule has 2 aromatic heterocycles. The predicted octanol–water partition coefficient (Wildman–Crippen LogP) is 3.14. The number of carbonyl (C=O) groups is 1. The van der Waals surface area contributed by atoms with E-state index in [0.29, 0.717) is 23.7 Å². The van der Waals surface area contributed by atoms with Gasteiger partial charge in [-0.25, -0.2) is 0 Å². The molecule has 1 atom stereocenters. The molecule has 0 aromatic carbocycles. The fourth-order valence-corrected chi connectivity index (χ4v) is 5.21. The molecular formula is C22H33N5O2S. The summed E-state index contributed by atoms with van der Waals surface area (Å²) in [6, 6.07) is 4.52. The van der Waals surface area contributed by atoms with Crippen molar-refractivity contribution in [2.24, 2.45) is 0 Å². The van der Waals surface area contributed by atoms with Gasteiger partial charge in [0.25, 0.3) is 0 Å². The number of amides is 1. The molecule has 2 saturated heterocycles. The van der Waals surface area contributed by atoms with Gasteiger partial charge in [-0.1, -0.05) is 17.6 Å². The van der Waals surface area contributed by atoms with Crippen molar-refractivity contribution < 1.29 is 9.32 Å². The van der Waals surface area contributed by atoms with Crippen molar-refractivity contribution in [1.29, 1.82) is 0 Å². The van der Waals surface area contributed by atoms with Gasteiger partial charge in [0.2, 0.25) is 17.6 Å². The van der Waals surface area contributed by atoms with Gasteiger partial charge in [0.05, 0.1) is 10.9 Å². The third kappa shape index (κ3) is 5.10. The Bertz CT molecular complexity index is 798. The Labute approximate surface area is 183 Å². The van der Waals surface area contributed by atoms with E-state index in [9.17, 15) is 4.79 Å². The first-order valence-corrected chi connectivity index (χ1v) is 12.1. The Morgan fingerprint density at radius 3 is 2.80 bits per heavy atom. The largest absolute Gasteiger partial charge is 0.339 e. The van der Waals surface area contributed by atoms with Gasteiger partial charge >= 0.3 is 0 Å². The van der Waals surface area contributed by atoms with E-state index in [1.54, 1.807) is 11.3 Å². The van der Waals surface area contributed by atoms with E-state index in [2.05, 4.69) is 38.7 Å². The number of piperidine rings is 1. The van der Waals surface area contributed by atoms with Gasteiger partial charge < -0.3 is 9.42 Å². The monoisotopic (exact) mass is 431 g/mol. The lowest BCUT2D eigenvalue weighted by atomic mass is 9.99. The lowest BCUT2D eigenvalue weighted by Crippen LogP contribution is -2.57. The average Bonchev–Trinajstić information content (AvgIpc) is 3.46. The van der Waals surface area contributed by atoms with Crippen molar-refractivity contribution in [2.45, 2.75) is 58.0 Å². The van der Waals surface area contributed by atoms with E-state index in [4.69, 9.17) is 4.52 Å². The SMILES string of the molecule is CC(C)N1CCCCC1C(=O)N1CCN(CCCc2nc(-c3cccs3)no2)CC1. The lowest BCUT2D eigenvalue weighted by Gasteiger charge is -2.42. The Kier molecular flexibility index (Phi) is 7.17. The highest BCUT2D eigenvalue weighted by atomic mass is 32.1. The first kappa shape index (κ1) is 21.5. The van der Waals surface area contributed by atoms with Crippen LogP contribution >= 0.6 is 11.3 Å². The summed E-state index contributed by atoms with van der Waals surface area (Å²) in [6.07, 6.45) is 5.18. The van der Waals surface area contributed by atoms with E-state index < -0.39 is 0 Å². The van der Waals surface area contributed by atoms with Gasteiger partial charge in [-0.3, -0.25) is 14.6 Å². The topological polar surface area (TPSA) is 65.7 Å². The summed E-state index contributed by atoms with van der Waals surface area (Å²) in [5, 5.41) is 6.10. The number of likely N-dealkylation sites (tertiary alicyclic amines) is 1. The van der Waals surface area contributed by atoms with Crippen LogP contribution in [0.2, 0.25) is 0 Å². The second kappa shape index (κ2) is 10.0. The van der Waals surface area contributed by atoms with Crippen molar-refractivity contribution >= 4 is 17.2 Å². The Morgan fingerprint density at radius 1 is 1.23 bits per heavy atom. The van der Waals surface area contributed by atoms with E-state index in [-0.39, 0.29) is 6.04 Å². The van der Waals surface area contributed by atoms with Crippen LogP contribution in [0.3, 0.4) is 0 Å². The van der Waals surface area contributed by atoms with Crippen LogP contribution in [0.4, 0.5) is 0 Å². The zero-order chi connectivity index (χ0) is 20.9. The maximum atomic E-state index is 13.1. The standard InChI is InChI=1S/C22H33N5O2S/c1-17(2)27-11-4-3-7-18(27)22(28)26-14-12-25(13-15-26)10-5-9-20-23-21(24-29-20)19-8-6-16-30-19/h6,8,16-18H,3-5,7,9-15H2,1-2H3. The van der Waals surface area contributed by atoms with Crippen molar-refractivity contribution in [3.05, 3.63) is 23.4 Å². The van der Waals surface area contributed by atoms with Crippen LogP contribution in [0.25, 0.3) is 10.7 Å². The summed E-state index contributed by atoms with van der Waals surface area (Å²) < 4.78 is 5.39. The number of thiophene rings is 1. The predicted molar refractivity (Wildman–Crippen MR) is 118 cm³/mol. The second-order valence-corrected chi connectivity index (χ2v) is 9.55. The zero-order valence-corrected chi connectivity index (χ0v) is 18.9. The van der Waals surface area contributed by atoms with Crippen molar-refractivity contribution in [3.8, 4) is 10.7 Å². The molecule has 2 aliphatic rings. The summed E-state index contributed by atoms with van der Waals surface area (Å²) >= 11 is 1.62. The molecule has 2 fully saturated rings. The molecule has 2 aromatic rings. The molecule has 0 spiro atoms. The molecule has 0 bridgehead atoms. The number of rotatable bonds is 7. The van der Waals surface area contributed by atoms with E-state index in [1.165, 1.54) is 12.8 Å². The molecule has 30 heavy (non-hydrogen) atoms. The second-order valence-electron chi connectivity index (χ2n) is 8.60. The van der Waals surface area contributed by atoms with Gasteiger partial charge in [-0.15, -0.1) is 11.3 Å². The highest BCUT2D eigenvalue weighted by Gasteiger charge is 2.34. The van der Waals surface area contributed by atoms with Crippen LogP contribution in [-0.4, -0.2) is 82.1 Å². The maximum absolute atomic E-state index is 13.1. The van der Waals surface area contributed by atoms with Crippen LogP contribution in [0.1, 0.15) is 45.4 Å². The van der Waals surface area contributed by atoms with Crippen LogP contribution in [0, 0.1) is 0 Å². The Balaban J connectivity index is 1.20. The normalized spacial score (nSPS) is 21.4. The number of aromatic nitrogens is 2. The molecule has 7 nitrogen and oxygen atoms in total. The third-order valence-corrected chi connectivity index (χ3v) is 7.12. The molecule has 164 valence electrons. The summed E-state index contributed by atoms with van der Waals surface area (Å²) in [7, 11) is 0. The van der Waals surface area contributed by atoms with Crippen LogP contribution in [0.15, 0.2) is 22.0 Å².